The quantitative estimate of drug-likeness (QED) is 0.168. The zero-order valence-electron chi connectivity index (χ0n) is 20.9. The van der Waals surface area contributed by atoms with Crippen molar-refractivity contribution in [2.75, 3.05) is 0 Å². The normalized spacial score (nSPS) is 10.5. The predicted molar refractivity (Wildman–Crippen MR) is 150 cm³/mol. The molecular weight excluding hydrogens is 454 g/mol. The molecule has 0 aliphatic rings. The maximum absolute atomic E-state index is 13.7. The Labute approximate surface area is 217 Å². The summed E-state index contributed by atoms with van der Waals surface area (Å²) in [4.78, 5) is 22.0. The van der Waals surface area contributed by atoms with Crippen molar-refractivity contribution in [3.63, 3.8) is 0 Å². The first-order chi connectivity index (χ1) is 18.2. The van der Waals surface area contributed by atoms with E-state index in [9.17, 15) is 4.79 Å². The minimum Gasteiger partial charge on any atom is -0.340 e. The molecule has 0 fully saturated rings. The Kier molecular flexibility index (Phi) is 7.39. The van der Waals surface area contributed by atoms with Gasteiger partial charge in [-0.25, -0.2) is 0 Å². The second kappa shape index (κ2) is 11.4. The molecular formula is C33H27N3O. The predicted octanol–water partition coefficient (Wildman–Crippen LogP) is 6.32. The average Bonchev–Trinajstić information content (AvgIpc) is 2.95. The van der Waals surface area contributed by atoms with Gasteiger partial charge in [0.1, 0.15) is 0 Å². The van der Waals surface area contributed by atoms with Crippen LogP contribution in [0.2, 0.25) is 0 Å². The molecule has 3 aromatic heterocycles. The van der Waals surface area contributed by atoms with Crippen molar-refractivity contribution in [1.82, 2.24) is 14.5 Å². The third-order valence-electron chi connectivity index (χ3n) is 6.32. The molecule has 180 valence electrons. The van der Waals surface area contributed by atoms with Gasteiger partial charge in [-0.05, 0) is 67.1 Å². The average molecular weight is 482 g/mol. The number of benzene rings is 2. The van der Waals surface area contributed by atoms with E-state index in [0.29, 0.717) is 10.8 Å². The smallest absolute Gasteiger partial charge is 0.197 e. The van der Waals surface area contributed by atoms with Crippen LogP contribution in [-0.4, -0.2) is 14.5 Å². The molecule has 4 heteroatoms. The summed E-state index contributed by atoms with van der Waals surface area (Å²) in [6.45, 7) is 3.07. The second-order valence-electron chi connectivity index (χ2n) is 8.99. The number of unbranched alkanes of at least 4 members (excludes halogenated alkanes) is 3. The number of pyridine rings is 3. The summed E-state index contributed by atoms with van der Waals surface area (Å²) in [5.41, 5.74) is 5.17. The highest BCUT2D eigenvalue weighted by Gasteiger charge is 2.12. The van der Waals surface area contributed by atoms with Crippen molar-refractivity contribution in [3.8, 4) is 23.7 Å². The van der Waals surface area contributed by atoms with Crippen LogP contribution < -0.4 is 5.43 Å². The minimum absolute atomic E-state index is 0.00450. The summed E-state index contributed by atoms with van der Waals surface area (Å²) in [5, 5.41) is 1.36. The van der Waals surface area contributed by atoms with Crippen LogP contribution in [0.25, 0.3) is 21.8 Å². The lowest BCUT2D eigenvalue weighted by Gasteiger charge is -2.16. The molecule has 0 atom stereocenters. The van der Waals surface area contributed by atoms with Gasteiger partial charge < -0.3 is 4.57 Å². The van der Waals surface area contributed by atoms with Crippen molar-refractivity contribution in [1.29, 1.82) is 0 Å². The van der Waals surface area contributed by atoms with Crippen LogP contribution in [-0.2, 0) is 6.54 Å². The molecule has 3 heterocycles. The summed E-state index contributed by atoms with van der Waals surface area (Å²) in [6, 6.07) is 19.4. The molecule has 0 saturated heterocycles. The molecule has 37 heavy (non-hydrogen) atoms. The summed E-state index contributed by atoms with van der Waals surface area (Å²) >= 11 is 0. The standard InChI is InChI=1S/C33H27N3O/c1-2-3-4-5-20-36-31-16-14-25(10-12-27-8-6-18-34-23-27)21-29(31)33(37)30-22-26(15-17-32(30)36)11-13-28-9-7-19-35-24-28/h6-9,14-19,21-24H,2-5,20H2,1H3. The van der Waals surface area contributed by atoms with Gasteiger partial charge in [-0.2, -0.15) is 0 Å². The number of aromatic nitrogens is 3. The van der Waals surface area contributed by atoms with E-state index in [2.05, 4.69) is 45.1 Å². The van der Waals surface area contributed by atoms with Crippen molar-refractivity contribution in [2.24, 2.45) is 0 Å². The zero-order chi connectivity index (χ0) is 25.5. The molecule has 0 unspecified atom stereocenters. The maximum Gasteiger partial charge on any atom is 0.197 e. The van der Waals surface area contributed by atoms with Gasteiger partial charge in [-0.3, -0.25) is 14.8 Å². The monoisotopic (exact) mass is 481 g/mol. The Morgan fingerprint density at radius 1 is 0.676 bits per heavy atom. The fourth-order valence-corrected chi connectivity index (χ4v) is 4.44. The minimum atomic E-state index is 0.00450. The lowest BCUT2D eigenvalue weighted by molar-refractivity contribution is 0.601. The molecule has 5 rings (SSSR count). The molecule has 0 spiro atoms. The summed E-state index contributed by atoms with van der Waals surface area (Å²) in [5.74, 6) is 12.7. The highest BCUT2D eigenvalue weighted by atomic mass is 16.1. The SMILES string of the molecule is CCCCCCn1c2ccc(C#Cc3cccnc3)cc2c(=O)c2cc(C#Cc3cccnc3)ccc21. The number of aryl methyl sites for hydroxylation is 1. The highest BCUT2D eigenvalue weighted by molar-refractivity contribution is 5.94. The van der Waals surface area contributed by atoms with E-state index in [-0.39, 0.29) is 5.43 Å². The Balaban J connectivity index is 1.62. The zero-order valence-corrected chi connectivity index (χ0v) is 20.9. The van der Waals surface area contributed by atoms with Crippen molar-refractivity contribution in [3.05, 3.63) is 118 Å². The lowest BCUT2D eigenvalue weighted by Crippen LogP contribution is -2.12. The van der Waals surface area contributed by atoms with E-state index < -0.39 is 0 Å². The fraction of sp³-hybridized carbons (Fsp3) is 0.182. The first-order valence-electron chi connectivity index (χ1n) is 12.7. The maximum atomic E-state index is 13.7. The lowest BCUT2D eigenvalue weighted by atomic mass is 10.0. The van der Waals surface area contributed by atoms with Crippen LogP contribution >= 0.6 is 0 Å². The van der Waals surface area contributed by atoms with Gasteiger partial charge in [0.15, 0.2) is 5.43 Å². The van der Waals surface area contributed by atoms with Crippen LogP contribution in [0.3, 0.4) is 0 Å². The van der Waals surface area contributed by atoms with E-state index in [1.807, 2.05) is 60.7 Å². The number of nitrogens with zero attached hydrogens (tertiary/aromatic N) is 3. The first kappa shape index (κ1) is 24.0. The van der Waals surface area contributed by atoms with Crippen molar-refractivity contribution in [2.45, 2.75) is 39.2 Å². The Morgan fingerprint density at radius 2 is 1.22 bits per heavy atom. The topological polar surface area (TPSA) is 47.8 Å². The Bertz CT molecular complexity index is 1610. The molecule has 0 bridgehead atoms. The number of fused-ring (bicyclic) bond motifs is 2. The van der Waals surface area contributed by atoms with Gasteiger partial charge >= 0.3 is 0 Å². The summed E-state index contributed by atoms with van der Waals surface area (Å²) in [7, 11) is 0. The van der Waals surface area contributed by atoms with Crippen molar-refractivity contribution >= 4 is 21.8 Å². The van der Waals surface area contributed by atoms with Gasteiger partial charge in [0.25, 0.3) is 0 Å². The van der Waals surface area contributed by atoms with Gasteiger partial charge in [0, 0.05) is 64.4 Å². The second-order valence-corrected chi connectivity index (χ2v) is 8.99. The van der Waals surface area contributed by atoms with E-state index in [4.69, 9.17) is 0 Å². The van der Waals surface area contributed by atoms with E-state index >= 15 is 0 Å². The van der Waals surface area contributed by atoms with Crippen LogP contribution in [0.5, 0.6) is 0 Å². The first-order valence-corrected chi connectivity index (χ1v) is 12.7. The van der Waals surface area contributed by atoms with Gasteiger partial charge in [-0.15, -0.1) is 0 Å². The third-order valence-corrected chi connectivity index (χ3v) is 6.32. The molecule has 0 amide bonds. The number of hydrogen-bond donors (Lipinski definition) is 0. The van der Waals surface area contributed by atoms with Crippen molar-refractivity contribution < 1.29 is 0 Å². The van der Waals surface area contributed by atoms with E-state index in [1.165, 1.54) is 12.8 Å². The molecule has 0 saturated carbocycles. The largest absolute Gasteiger partial charge is 0.340 e. The fourth-order valence-electron chi connectivity index (χ4n) is 4.44. The Morgan fingerprint density at radius 3 is 1.70 bits per heavy atom. The molecule has 0 N–H and O–H groups in total. The van der Waals surface area contributed by atoms with Crippen LogP contribution in [0.4, 0.5) is 0 Å². The van der Waals surface area contributed by atoms with E-state index in [0.717, 1.165) is 52.7 Å². The molecule has 0 aliphatic heterocycles. The molecule has 5 aromatic rings. The van der Waals surface area contributed by atoms with E-state index in [1.54, 1.807) is 24.8 Å². The highest BCUT2D eigenvalue weighted by Crippen LogP contribution is 2.22. The Hall–Kier alpha value is -4.67. The van der Waals surface area contributed by atoms with Gasteiger partial charge in [0.05, 0.1) is 11.0 Å². The molecule has 0 radical (unpaired) electrons. The summed E-state index contributed by atoms with van der Waals surface area (Å²) in [6.07, 6.45) is 11.5. The number of hydrogen-bond acceptors (Lipinski definition) is 3. The summed E-state index contributed by atoms with van der Waals surface area (Å²) < 4.78 is 2.28. The van der Waals surface area contributed by atoms with Crippen LogP contribution in [0, 0.1) is 23.7 Å². The van der Waals surface area contributed by atoms with Crippen LogP contribution in [0.15, 0.2) is 90.2 Å². The third kappa shape index (κ3) is 5.61. The molecule has 0 aliphatic carbocycles. The molecule has 2 aromatic carbocycles. The van der Waals surface area contributed by atoms with Crippen LogP contribution in [0.1, 0.15) is 54.9 Å². The van der Waals surface area contributed by atoms with Gasteiger partial charge in [0.2, 0.25) is 0 Å². The number of rotatable bonds is 5. The molecule has 4 nitrogen and oxygen atoms in total. The van der Waals surface area contributed by atoms with Gasteiger partial charge in [-0.1, -0.05) is 49.9 Å².